The van der Waals surface area contributed by atoms with Gasteiger partial charge in [-0.2, -0.15) is 0 Å². The van der Waals surface area contributed by atoms with Crippen LogP contribution in [0, 0.1) is 6.92 Å². The van der Waals surface area contributed by atoms with Crippen molar-refractivity contribution in [1.82, 2.24) is 4.98 Å². The molecule has 0 saturated heterocycles. The van der Waals surface area contributed by atoms with Crippen LogP contribution in [0.4, 0.5) is 5.69 Å². The molecule has 1 N–H and O–H groups in total. The van der Waals surface area contributed by atoms with Crippen LogP contribution in [-0.4, -0.2) is 4.98 Å². The highest BCUT2D eigenvalue weighted by atomic mass is 79.9. The van der Waals surface area contributed by atoms with Crippen molar-refractivity contribution in [2.75, 3.05) is 5.32 Å². The Labute approximate surface area is 104 Å². The van der Waals surface area contributed by atoms with E-state index < -0.39 is 0 Å². The third-order valence-electron chi connectivity index (χ3n) is 2.41. The minimum Gasteiger partial charge on any atom is -0.380 e. The Morgan fingerprint density at radius 1 is 1.31 bits per heavy atom. The molecular weight excluding hydrogens is 264 g/mol. The Balaban J connectivity index is 2.05. The zero-order chi connectivity index (χ0) is 11.4. The first-order valence-electron chi connectivity index (χ1n) is 5.14. The molecular formula is C13H13BrN2. The highest BCUT2D eigenvalue weighted by Gasteiger charge is 1.97. The molecule has 16 heavy (non-hydrogen) atoms. The summed E-state index contributed by atoms with van der Waals surface area (Å²) in [6, 6.07) is 10.3. The lowest BCUT2D eigenvalue weighted by molar-refractivity contribution is 1.12. The van der Waals surface area contributed by atoms with Crippen LogP contribution in [0.2, 0.25) is 0 Å². The number of nitrogens with one attached hydrogen (secondary N) is 1. The van der Waals surface area contributed by atoms with Crippen molar-refractivity contribution in [1.29, 1.82) is 0 Å². The minimum absolute atomic E-state index is 0.811. The lowest BCUT2D eigenvalue weighted by Gasteiger charge is -2.08. The van der Waals surface area contributed by atoms with Crippen LogP contribution in [0.15, 0.2) is 47.2 Å². The summed E-state index contributed by atoms with van der Waals surface area (Å²) in [7, 11) is 0. The summed E-state index contributed by atoms with van der Waals surface area (Å²) in [6.45, 7) is 2.89. The number of aromatic nitrogens is 1. The van der Waals surface area contributed by atoms with E-state index in [0.29, 0.717) is 0 Å². The van der Waals surface area contributed by atoms with Crippen molar-refractivity contribution in [2.24, 2.45) is 0 Å². The number of nitrogens with zero attached hydrogens (tertiary/aromatic N) is 1. The maximum atomic E-state index is 4.10. The lowest BCUT2D eigenvalue weighted by atomic mass is 10.2. The third kappa shape index (κ3) is 2.83. The molecule has 0 saturated carbocycles. The Bertz CT molecular complexity index is 483. The molecule has 0 fully saturated rings. The van der Waals surface area contributed by atoms with E-state index in [-0.39, 0.29) is 0 Å². The van der Waals surface area contributed by atoms with E-state index >= 15 is 0 Å². The van der Waals surface area contributed by atoms with Gasteiger partial charge in [-0.1, -0.05) is 28.1 Å². The van der Waals surface area contributed by atoms with Crippen molar-refractivity contribution >= 4 is 21.6 Å². The second-order valence-electron chi connectivity index (χ2n) is 3.67. The van der Waals surface area contributed by atoms with Crippen molar-refractivity contribution < 1.29 is 0 Å². The van der Waals surface area contributed by atoms with Crippen LogP contribution in [0.1, 0.15) is 11.1 Å². The molecule has 82 valence electrons. The molecule has 0 aliphatic carbocycles. The predicted molar refractivity (Wildman–Crippen MR) is 70.4 cm³/mol. The van der Waals surface area contributed by atoms with Gasteiger partial charge in [0, 0.05) is 17.2 Å². The molecule has 0 radical (unpaired) electrons. The van der Waals surface area contributed by atoms with Gasteiger partial charge >= 0.3 is 0 Å². The Hall–Kier alpha value is -1.35. The highest BCUT2D eigenvalue weighted by Crippen LogP contribution is 2.15. The maximum absolute atomic E-state index is 4.10. The topological polar surface area (TPSA) is 24.9 Å². The summed E-state index contributed by atoms with van der Waals surface area (Å²) in [5, 5.41) is 3.37. The van der Waals surface area contributed by atoms with Gasteiger partial charge < -0.3 is 5.32 Å². The smallest absolute Gasteiger partial charge is 0.0559 e. The van der Waals surface area contributed by atoms with Crippen molar-refractivity contribution in [3.63, 3.8) is 0 Å². The van der Waals surface area contributed by atoms with E-state index in [4.69, 9.17) is 0 Å². The van der Waals surface area contributed by atoms with Gasteiger partial charge in [0.2, 0.25) is 0 Å². The first kappa shape index (κ1) is 11.1. The Morgan fingerprint density at radius 2 is 2.19 bits per heavy atom. The molecule has 3 heteroatoms. The normalized spacial score (nSPS) is 10.1. The van der Waals surface area contributed by atoms with Gasteiger partial charge in [0.05, 0.1) is 11.9 Å². The van der Waals surface area contributed by atoms with E-state index in [1.165, 1.54) is 11.1 Å². The van der Waals surface area contributed by atoms with Gasteiger partial charge in [-0.25, -0.2) is 0 Å². The zero-order valence-corrected chi connectivity index (χ0v) is 10.7. The van der Waals surface area contributed by atoms with Crippen LogP contribution < -0.4 is 5.32 Å². The highest BCUT2D eigenvalue weighted by molar-refractivity contribution is 9.10. The van der Waals surface area contributed by atoms with Gasteiger partial charge in [-0.3, -0.25) is 4.98 Å². The van der Waals surface area contributed by atoms with E-state index in [1.807, 2.05) is 24.4 Å². The molecule has 1 aromatic heterocycles. The quantitative estimate of drug-likeness (QED) is 0.923. The van der Waals surface area contributed by atoms with Gasteiger partial charge in [-0.15, -0.1) is 0 Å². The fourth-order valence-electron chi connectivity index (χ4n) is 1.49. The summed E-state index contributed by atoms with van der Waals surface area (Å²) in [6.07, 6.45) is 3.66. The molecule has 0 bridgehead atoms. The molecule has 2 nitrogen and oxygen atoms in total. The third-order valence-corrected chi connectivity index (χ3v) is 2.90. The molecule has 0 spiro atoms. The predicted octanol–water partition coefficient (Wildman–Crippen LogP) is 3.76. The number of rotatable bonds is 3. The molecule has 2 aromatic rings. The second kappa shape index (κ2) is 5.12. The minimum atomic E-state index is 0.811. The molecule has 1 aromatic carbocycles. The SMILES string of the molecule is Cc1ccncc1NCc1cccc(Br)c1. The Morgan fingerprint density at radius 3 is 2.94 bits per heavy atom. The van der Waals surface area contributed by atoms with E-state index in [1.54, 1.807) is 6.20 Å². The van der Waals surface area contributed by atoms with Crippen LogP contribution in [-0.2, 0) is 6.54 Å². The Kier molecular flexibility index (Phi) is 3.57. The first-order chi connectivity index (χ1) is 7.75. The lowest BCUT2D eigenvalue weighted by Crippen LogP contribution is -2.01. The number of halogens is 1. The van der Waals surface area contributed by atoms with E-state index in [2.05, 4.69) is 45.3 Å². The molecule has 0 unspecified atom stereocenters. The molecule has 1 heterocycles. The number of pyridine rings is 1. The van der Waals surface area contributed by atoms with E-state index in [0.717, 1.165) is 16.7 Å². The number of benzene rings is 1. The van der Waals surface area contributed by atoms with Gasteiger partial charge in [0.25, 0.3) is 0 Å². The molecule has 2 rings (SSSR count). The number of hydrogen-bond acceptors (Lipinski definition) is 2. The summed E-state index contributed by atoms with van der Waals surface area (Å²) in [5.41, 5.74) is 3.55. The first-order valence-corrected chi connectivity index (χ1v) is 5.94. The van der Waals surface area contributed by atoms with Gasteiger partial charge in [0.1, 0.15) is 0 Å². The number of anilines is 1. The molecule has 0 aliphatic heterocycles. The van der Waals surface area contributed by atoms with Crippen LogP contribution in [0.25, 0.3) is 0 Å². The summed E-state index contributed by atoms with van der Waals surface area (Å²) in [5.74, 6) is 0. The summed E-state index contributed by atoms with van der Waals surface area (Å²) in [4.78, 5) is 4.10. The van der Waals surface area contributed by atoms with E-state index in [9.17, 15) is 0 Å². The fourth-order valence-corrected chi connectivity index (χ4v) is 1.94. The fraction of sp³-hybridized carbons (Fsp3) is 0.154. The van der Waals surface area contributed by atoms with Gasteiger partial charge in [-0.05, 0) is 36.2 Å². The standard InChI is InChI=1S/C13H13BrN2/c1-10-5-6-15-9-13(10)16-8-11-3-2-4-12(14)7-11/h2-7,9,16H,8H2,1H3. The average molecular weight is 277 g/mol. The number of hydrogen-bond donors (Lipinski definition) is 1. The van der Waals surface area contributed by atoms with Gasteiger partial charge in [0.15, 0.2) is 0 Å². The summed E-state index contributed by atoms with van der Waals surface area (Å²) >= 11 is 3.46. The van der Waals surface area contributed by atoms with Crippen molar-refractivity contribution in [3.05, 3.63) is 58.3 Å². The zero-order valence-electron chi connectivity index (χ0n) is 9.07. The average Bonchev–Trinajstić information content (AvgIpc) is 2.28. The van der Waals surface area contributed by atoms with Crippen molar-refractivity contribution in [3.8, 4) is 0 Å². The number of aryl methyl sites for hydroxylation is 1. The van der Waals surface area contributed by atoms with Crippen LogP contribution >= 0.6 is 15.9 Å². The largest absolute Gasteiger partial charge is 0.380 e. The molecule has 0 atom stereocenters. The monoisotopic (exact) mass is 276 g/mol. The second-order valence-corrected chi connectivity index (χ2v) is 4.59. The van der Waals surface area contributed by atoms with Crippen molar-refractivity contribution in [2.45, 2.75) is 13.5 Å². The maximum Gasteiger partial charge on any atom is 0.0559 e. The summed E-state index contributed by atoms with van der Waals surface area (Å²) < 4.78 is 1.11. The van der Waals surface area contributed by atoms with Crippen LogP contribution in [0.3, 0.4) is 0 Å². The molecule has 0 amide bonds. The van der Waals surface area contributed by atoms with Crippen LogP contribution in [0.5, 0.6) is 0 Å². The molecule has 0 aliphatic rings.